The molecule has 0 aromatic heterocycles. The van der Waals surface area contributed by atoms with Gasteiger partial charge in [0.05, 0.1) is 18.4 Å². The molecule has 0 unspecified atom stereocenters. The fraction of sp³-hybridized carbons (Fsp3) is 0.125. The number of hydrogen-bond donors (Lipinski definition) is 0. The van der Waals surface area contributed by atoms with Gasteiger partial charge in [0.15, 0.2) is 0 Å². The minimum absolute atomic E-state index is 0.429. The van der Waals surface area contributed by atoms with Crippen molar-refractivity contribution >= 4 is 16.6 Å². The zero-order valence-electron chi connectivity index (χ0n) is 6.11. The monoisotopic (exact) mass is 168 g/mol. The van der Waals surface area contributed by atoms with Crippen LogP contribution in [-0.4, -0.2) is 16.7 Å². The van der Waals surface area contributed by atoms with E-state index in [1.54, 1.807) is 7.11 Å². The molecule has 11 heavy (non-hydrogen) atoms. The van der Waals surface area contributed by atoms with Crippen molar-refractivity contribution < 1.29 is 8.95 Å². The first-order valence-corrected chi connectivity index (χ1v) is 3.94. The first kappa shape index (κ1) is 8.01. The fourth-order valence-corrected chi connectivity index (χ4v) is 1.11. The Morgan fingerprint density at radius 3 is 2.82 bits per heavy atom. The van der Waals surface area contributed by atoms with Crippen molar-refractivity contribution in [1.82, 2.24) is 0 Å². The molecule has 0 radical (unpaired) electrons. The Morgan fingerprint density at radius 1 is 1.45 bits per heavy atom. The Hall–Kier alpha value is -1.09. The number of rotatable bonds is 2. The van der Waals surface area contributed by atoms with Gasteiger partial charge >= 0.3 is 0 Å². The summed E-state index contributed by atoms with van der Waals surface area (Å²) in [6.45, 7) is 0. The molecule has 0 bridgehead atoms. The van der Waals surface area contributed by atoms with E-state index in [2.05, 4.69) is 0 Å². The van der Waals surface area contributed by atoms with Gasteiger partial charge in [-0.15, -0.1) is 0 Å². The highest BCUT2D eigenvalue weighted by molar-refractivity contribution is 7.65. The predicted molar refractivity (Wildman–Crippen MR) is 46.3 cm³/mol. The van der Waals surface area contributed by atoms with Crippen molar-refractivity contribution in [1.29, 1.82) is 0 Å². The topological polar surface area (TPSA) is 26.3 Å². The van der Waals surface area contributed by atoms with Crippen LogP contribution in [0.4, 0.5) is 0 Å². The predicted octanol–water partition coefficient (Wildman–Crippen LogP) is 1.06. The number of para-hydroxylation sites is 1. The Bertz CT molecular complexity index is 290. The van der Waals surface area contributed by atoms with Gasteiger partial charge in [0.25, 0.3) is 0 Å². The third-order valence-corrected chi connectivity index (χ3v) is 1.66. The average molecular weight is 168 g/mol. The smallest absolute Gasteiger partial charge is 0.126 e. The maximum atomic E-state index is 10.2. The maximum absolute atomic E-state index is 10.2. The molecule has 0 aliphatic rings. The van der Waals surface area contributed by atoms with E-state index in [-0.39, 0.29) is 0 Å². The third-order valence-electron chi connectivity index (χ3n) is 1.31. The lowest BCUT2D eigenvalue weighted by molar-refractivity contribution is 0.414. The fourth-order valence-electron chi connectivity index (χ4n) is 0.816. The molecule has 2 nitrogen and oxygen atoms in total. The highest BCUT2D eigenvalue weighted by Gasteiger charge is 1.95. The molecule has 0 atom stereocenters. The van der Waals surface area contributed by atoms with Gasteiger partial charge in [-0.05, 0) is 6.07 Å². The van der Waals surface area contributed by atoms with Crippen molar-refractivity contribution in [3.05, 3.63) is 29.8 Å². The summed E-state index contributed by atoms with van der Waals surface area (Å²) in [6.07, 6.45) is 0. The largest absolute Gasteiger partial charge is 0.496 e. The molecule has 58 valence electrons. The molecule has 0 saturated carbocycles. The van der Waals surface area contributed by atoms with Gasteiger partial charge in [0, 0.05) is 10.9 Å². The first-order chi connectivity index (χ1) is 5.38. The molecule has 0 heterocycles. The Labute approximate surface area is 68.9 Å². The van der Waals surface area contributed by atoms with Crippen LogP contribution in [0.25, 0.3) is 0 Å². The summed E-state index contributed by atoms with van der Waals surface area (Å²) >= 11 is 0.429. The van der Waals surface area contributed by atoms with E-state index in [0.29, 0.717) is 11.3 Å². The minimum atomic E-state index is 0.429. The second-order valence-electron chi connectivity index (χ2n) is 1.96. The van der Waals surface area contributed by atoms with Gasteiger partial charge in [-0.25, -0.2) is 4.21 Å². The molecule has 1 aromatic rings. The van der Waals surface area contributed by atoms with Gasteiger partial charge in [0.2, 0.25) is 0 Å². The Balaban J connectivity index is 3.11. The van der Waals surface area contributed by atoms with Gasteiger partial charge in [0.1, 0.15) is 5.75 Å². The SMILES string of the molecule is COc1ccccc1C=S=O. The van der Waals surface area contributed by atoms with Crippen LogP contribution in [0.3, 0.4) is 0 Å². The Morgan fingerprint density at radius 2 is 2.18 bits per heavy atom. The van der Waals surface area contributed by atoms with Gasteiger partial charge < -0.3 is 4.74 Å². The molecular formula is C8H8O2S. The van der Waals surface area contributed by atoms with Crippen LogP contribution in [-0.2, 0) is 11.3 Å². The number of methoxy groups -OCH3 is 1. The molecule has 3 heteroatoms. The third kappa shape index (κ3) is 1.91. The summed E-state index contributed by atoms with van der Waals surface area (Å²) in [5, 5.41) is 1.51. The van der Waals surface area contributed by atoms with Gasteiger partial charge in [-0.3, -0.25) is 0 Å². The zero-order valence-corrected chi connectivity index (χ0v) is 6.93. The molecule has 1 aromatic carbocycles. The second-order valence-corrected chi connectivity index (χ2v) is 2.38. The molecule has 0 fully saturated rings. The van der Waals surface area contributed by atoms with Crippen molar-refractivity contribution in [3.63, 3.8) is 0 Å². The average Bonchev–Trinajstić information content (AvgIpc) is 2.06. The van der Waals surface area contributed by atoms with Crippen LogP contribution < -0.4 is 4.74 Å². The van der Waals surface area contributed by atoms with Crippen LogP contribution in [0.5, 0.6) is 5.75 Å². The quantitative estimate of drug-likeness (QED) is 0.617. The summed E-state index contributed by atoms with van der Waals surface area (Å²) in [6, 6.07) is 7.39. The molecule has 0 aliphatic heterocycles. The van der Waals surface area contributed by atoms with E-state index in [0.717, 1.165) is 11.3 Å². The van der Waals surface area contributed by atoms with Crippen molar-refractivity contribution in [2.45, 2.75) is 0 Å². The van der Waals surface area contributed by atoms with E-state index in [1.165, 1.54) is 5.37 Å². The van der Waals surface area contributed by atoms with Crippen LogP contribution in [0.15, 0.2) is 24.3 Å². The normalized spacial score (nSPS) is 8.82. The van der Waals surface area contributed by atoms with E-state index in [9.17, 15) is 4.21 Å². The highest BCUT2D eigenvalue weighted by atomic mass is 32.1. The van der Waals surface area contributed by atoms with Crippen molar-refractivity contribution in [3.8, 4) is 5.75 Å². The second kappa shape index (κ2) is 3.93. The van der Waals surface area contributed by atoms with E-state index < -0.39 is 0 Å². The molecule has 0 N–H and O–H groups in total. The van der Waals surface area contributed by atoms with Gasteiger partial charge in [-0.2, -0.15) is 0 Å². The number of benzene rings is 1. The molecule has 0 saturated heterocycles. The summed E-state index contributed by atoms with van der Waals surface area (Å²) in [4.78, 5) is 0. The maximum Gasteiger partial charge on any atom is 0.126 e. The molecule has 0 amide bonds. The number of hydrogen-bond acceptors (Lipinski definition) is 2. The minimum Gasteiger partial charge on any atom is -0.496 e. The van der Waals surface area contributed by atoms with Crippen LogP contribution >= 0.6 is 0 Å². The van der Waals surface area contributed by atoms with E-state index in [1.807, 2.05) is 24.3 Å². The summed E-state index contributed by atoms with van der Waals surface area (Å²) < 4.78 is 15.2. The summed E-state index contributed by atoms with van der Waals surface area (Å²) in [5.41, 5.74) is 0.829. The lowest BCUT2D eigenvalue weighted by atomic mass is 10.2. The Kier molecular flexibility index (Phi) is 2.86. The molecule has 0 spiro atoms. The van der Waals surface area contributed by atoms with E-state index >= 15 is 0 Å². The van der Waals surface area contributed by atoms with E-state index in [4.69, 9.17) is 4.74 Å². The zero-order chi connectivity index (χ0) is 8.10. The van der Waals surface area contributed by atoms with Crippen LogP contribution in [0.2, 0.25) is 0 Å². The molecular weight excluding hydrogens is 160 g/mol. The molecule has 0 aliphatic carbocycles. The van der Waals surface area contributed by atoms with Crippen LogP contribution in [0, 0.1) is 0 Å². The van der Waals surface area contributed by atoms with Gasteiger partial charge in [-0.1, -0.05) is 18.2 Å². The first-order valence-electron chi connectivity index (χ1n) is 3.13. The lowest BCUT2D eigenvalue weighted by Gasteiger charge is -2.00. The van der Waals surface area contributed by atoms with Crippen molar-refractivity contribution in [2.75, 3.05) is 7.11 Å². The van der Waals surface area contributed by atoms with Crippen molar-refractivity contribution in [2.24, 2.45) is 0 Å². The van der Waals surface area contributed by atoms with Crippen LogP contribution in [0.1, 0.15) is 5.56 Å². The number of ether oxygens (including phenoxy) is 1. The highest BCUT2D eigenvalue weighted by Crippen LogP contribution is 2.13. The molecule has 1 rings (SSSR count). The summed E-state index contributed by atoms with van der Waals surface area (Å²) in [5.74, 6) is 0.732. The standard InChI is InChI=1S/C8H8O2S/c1-10-8-5-3-2-4-7(8)6-11-9/h2-6H,1H3. The lowest BCUT2D eigenvalue weighted by Crippen LogP contribution is -1.88. The summed E-state index contributed by atoms with van der Waals surface area (Å²) in [7, 11) is 1.59.